The summed E-state index contributed by atoms with van der Waals surface area (Å²) >= 11 is 0. The third-order valence-electron chi connectivity index (χ3n) is 10.5. The Morgan fingerprint density at radius 1 is 1.04 bits per heavy atom. The molecule has 1 aromatic heterocycles. The zero-order chi connectivity index (χ0) is 41.0. The smallest absolute Gasteiger partial charge is 0.408 e. The predicted octanol–water partition coefficient (Wildman–Crippen LogP) is 5.53. The molecule has 2 aliphatic carbocycles. The molecule has 7 atom stereocenters. The highest BCUT2D eigenvalue weighted by Gasteiger charge is 2.62. The Labute approximate surface area is 334 Å². The summed E-state index contributed by atoms with van der Waals surface area (Å²) in [5, 5.41) is 14.9. The van der Waals surface area contributed by atoms with Crippen LogP contribution in [-0.2, 0) is 29.1 Å². The minimum Gasteiger partial charge on any atom is -0.476 e. The van der Waals surface area contributed by atoms with Crippen molar-refractivity contribution in [3.8, 4) is 11.8 Å². The molecule has 15 nitrogen and oxygen atoms in total. The number of carbonyl (C=O) groups is 4. The van der Waals surface area contributed by atoms with Crippen LogP contribution in [0.1, 0.15) is 105 Å². The average Bonchev–Trinajstić information content (AvgIpc) is 4.07. The molecule has 1 saturated heterocycles. The fraction of sp³-hybridized carbons (Fsp3) is 0.650. The highest BCUT2D eigenvalue weighted by atomic mass is 32.2. The van der Waals surface area contributed by atoms with E-state index < -0.39 is 74.3 Å². The number of sulfonamides is 1. The van der Waals surface area contributed by atoms with Gasteiger partial charge in [0.05, 0.1) is 29.2 Å². The van der Waals surface area contributed by atoms with Gasteiger partial charge in [0, 0.05) is 16.6 Å². The van der Waals surface area contributed by atoms with Crippen molar-refractivity contribution in [2.75, 3.05) is 13.2 Å². The number of hydrogen-bond acceptors (Lipinski definition) is 11. The lowest BCUT2D eigenvalue weighted by Gasteiger charge is -2.33. The third-order valence-corrected chi connectivity index (χ3v) is 12.3. The maximum absolute atomic E-state index is 14.7. The van der Waals surface area contributed by atoms with Gasteiger partial charge in [-0.05, 0) is 90.2 Å². The second kappa shape index (κ2) is 17.3. The minimum atomic E-state index is -3.90. The van der Waals surface area contributed by atoms with E-state index in [1.165, 1.54) is 4.90 Å². The lowest BCUT2D eigenvalue weighted by atomic mass is 9.88. The van der Waals surface area contributed by atoms with Gasteiger partial charge >= 0.3 is 6.09 Å². The van der Waals surface area contributed by atoms with Crippen LogP contribution in [0.5, 0.6) is 11.8 Å². The minimum absolute atomic E-state index is 0. The summed E-state index contributed by atoms with van der Waals surface area (Å²) < 4.78 is 45.6. The number of ether oxygens (including phenoxy) is 3. The first-order valence-corrected chi connectivity index (χ1v) is 21.5. The Kier molecular flexibility index (Phi) is 13.2. The molecule has 0 radical (unpaired) electrons. The summed E-state index contributed by atoms with van der Waals surface area (Å²) in [6, 6.07) is 5.12. The van der Waals surface area contributed by atoms with Gasteiger partial charge in [-0.15, -0.1) is 10.2 Å². The van der Waals surface area contributed by atoms with Crippen molar-refractivity contribution >= 4 is 44.6 Å². The molecule has 56 heavy (non-hydrogen) atoms. The van der Waals surface area contributed by atoms with Crippen LogP contribution in [0.4, 0.5) is 4.79 Å². The highest BCUT2D eigenvalue weighted by molar-refractivity contribution is 7.91. The second-order valence-corrected chi connectivity index (χ2v) is 18.1. The molecule has 0 spiro atoms. The quantitative estimate of drug-likeness (QED) is 0.284. The largest absolute Gasteiger partial charge is 0.476 e. The Morgan fingerprint density at radius 3 is 2.34 bits per heavy atom. The van der Waals surface area contributed by atoms with Crippen LogP contribution >= 0.6 is 0 Å². The van der Waals surface area contributed by atoms with E-state index in [4.69, 9.17) is 14.2 Å². The Bertz CT molecular complexity index is 1930. The van der Waals surface area contributed by atoms with Crippen molar-refractivity contribution in [2.24, 2.45) is 17.8 Å². The number of benzene rings is 1. The van der Waals surface area contributed by atoms with Crippen LogP contribution in [0.25, 0.3) is 10.8 Å². The molecule has 0 unspecified atom stereocenters. The van der Waals surface area contributed by atoms with Crippen LogP contribution in [0.3, 0.4) is 0 Å². The third kappa shape index (κ3) is 9.90. The second-order valence-electron chi connectivity index (χ2n) is 16.2. The highest BCUT2D eigenvalue weighted by Crippen LogP contribution is 2.46. The molecule has 2 aliphatic heterocycles. The molecule has 6 rings (SSSR count). The number of amides is 4. The molecular formula is C40H64N6O9S. The van der Waals surface area contributed by atoms with E-state index in [9.17, 15) is 27.6 Å². The molecule has 16 heteroatoms. The van der Waals surface area contributed by atoms with Gasteiger partial charge in [-0.2, -0.15) is 0 Å². The number of carbonyl (C=O) groups excluding carboxylic acids is 4. The lowest BCUT2D eigenvalue weighted by Crippen LogP contribution is -2.59. The van der Waals surface area contributed by atoms with Crippen LogP contribution in [0.2, 0.25) is 0 Å². The molecular weight excluding hydrogens is 741 g/mol. The molecule has 1 aromatic carbocycles. The number of fused-ring (bicyclic) bond motifs is 3. The average molecular weight is 805 g/mol. The van der Waals surface area contributed by atoms with Crippen LogP contribution < -0.4 is 24.8 Å². The Hall–Kier alpha value is -4.47. The van der Waals surface area contributed by atoms with E-state index in [0.29, 0.717) is 48.9 Å². The zero-order valence-electron chi connectivity index (χ0n) is 33.8. The summed E-state index contributed by atoms with van der Waals surface area (Å²) in [6.45, 7) is 15.3. The number of allylic oxidation sites excluding steroid dienone is 1. The zero-order valence-corrected chi connectivity index (χ0v) is 34.6. The van der Waals surface area contributed by atoms with E-state index in [2.05, 4.69) is 32.5 Å². The van der Waals surface area contributed by atoms with Gasteiger partial charge in [0.25, 0.3) is 5.91 Å². The Morgan fingerprint density at radius 2 is 1.70 bits per heavy atom. The summed E-state index contributed by atoms with van der Waals surface area (Å²) in [7, 11) is -3.90. The van der Waals surface area contributed by atoms with Gasteiger partial charge in [-0.3, -0.25) is 19.1 Å². The Balaban J connectivity index is 0.00000236. The number of aromatic nitrogens is 2. The van der Waals surface area contributed by atoms with Crippen molar-refractivity contribution in [1.82, 2.24) is 30.5 Å². The maximum atomic E-state index is 14.7. The molecule has 3 N–H and O–H groups in total. The summed E-state index contributed by atoms with van der Waals surface area (Å²) in [4.78, 5) is 57.5. The molecule has 2 aromatic rings. The number of rotatable bonds is 8. The molecule has 3 fully saturated rings. The number of nitrogens with one attached hydrogen (secondary N) is 3. The molecule has 314 valence electrons. The summed E-state index contributed by atoms with van der Waals surface area (Å²) in [5.41, 5.74) is -2.34. The first-order chi connectivity index (χ1) is 26.5. The van der Waals surface area contributed by atoms with E-state index in [1.807, 2.05) is 64.1 Å². The first kappa shape index (κ1) is 42.7. The van der Waals surface area contributed by atoms with E-state index in [-0.39, 0.29) is 41.4 Å². The standard InChI is InChI=1S/C38H52N6O9S.C2H6.3H2/c1-7-51-32-27-14-10-11-15-28(27)33(42-41-32)52-25-19-29-31(45)40-38(35(47)43-54(49,50)26-16-17-26)20-24(38)13-9-8-12-22(2)18-23(3)30(34(46)44(29)21-25)39-36(48)53-37(4,5)6;1-2;;;/h9-11,13-15,22-26,29-30H,7-8,12,16-21H2,1-6H3,(H,39,48)(H,40,45)(H,43,47);1-2H3;3*1H/b13-9-;;;;/t22-,23-,24-,25-,29+,30+,38-;;;;/m1..../s1. The molecule has 4 amide bonds. The van der Waals surface area contributed by atoms with Gasteiger partial charge in [0.15, 0.2) is 0 Å². The van der Waals surface area contributed by atoms with E-state index in [1.54, 1.807) is 20.8 Å². The van der Waals surface area contributed by atoms with Crippen molar-refractivity contribution in [3.05, 3.63) is 36.4 Å². The normalized spacial score (nSPS) is 28.8. The number of hydrogen-bond donors (Lipinski definition) is 3. The van der Waals surface area contributed by atoms with Gasteiger partial charge in [0.2, 0.25) is 33.6 Å². The fourth-order valence-corrected chi connectivity index (χ4v) is 8.84. The van der Waals surface area contributed by atoms with Crippen LogP contribution in [0.15, 0.2) is 36.4 Å². The van der Waals surface area contributed by atoms with Crippen LogP contribution in [-0.4, -0.2) is 95.1 Å². The van der Waals surface area contributed by atoms with Crippen LogP contribution in [0, 0.1) is 17.8 Å². The molecule has 0 bridgehead atoms. The van der Waals surface area contributed by atoms with Crippen molar-refractivity contribution in [2.45, 2.75) is 135 Å². The van der Waals surface area contributed by atoms with Crippen molar-refractivity contribution in [3.63, 3.8) is 0 Å². The maximum Gasteiger partial charge on any atom is 0.408 e. The fourth-order valence-electron chi connectivity index (χ4n) is 7.48. The molecule has 3 heterocycles. The monoisotopic (exact) mass is 804 g/mol. The van der Waals surface area contributed by atoms with E-state index >= 15 is 0 Å². The van der Waals surface area contributed by atoms with Crippen molar-refractivity contribution in [1.29, 1.82) is 0 Å². The van der Waals surface area contributed by atoms with Gasteiger partial charge in [-0.25, -0.2) is 13.2 Å². The predicted molar refractivity (Wildman–Crippen MR) is 216 cm³/mol. The SMILES string of the molecule is CC.CCOc1nnc(O[C@@H]2C[C@H]3C(=O)N[C@]4(C(=O)NS(=O)(=O)C5CC5)C[C@H]4/C=C\CC[C@@H](C)C[C@@H](C)[C@H](NC(=O)OC(C)(C)C)C(=O)N3C2)c2ccccc12.[HH].[HH].[HH]. The number of alkyl carbamates (subject to hydrolysis) is 1. The van der Waals surface area contributed by atoms with Gasteiger partial charge < -0.3 is 29.7 Å². The van der Waals surface area contributed by atoms with Crippen molar-refractivity contribution < 1.29 is 46.1 Å². The molecule has 4 aliphatic rings. The van der Waals surface area contributed by atoms with E-state index in [0.717, 1.165) is 6.42 Å². The van der Waals surface area contributed by atoms with Gasteiger partial charge in [-0.1, -0.05) is 52.0 Å². The first-order valence-electron chi connectivity index (χ1n) is 19.9. The lowest BCUT2D eigenvalue weighted by molar-refractivity contribution is -0.142. The number of nitrogens with zero attached hydrogens (tertiary/aromatic N) is 3. The summed E-state index contributed by atoms with van der Waals surface area (Å²) in [6.07, 6.45) is 5.49. The topological polar surface area (TPSA) is 195 Å². The van der Waals surface area contributed by atoms with Gasteiger partial charge in [0.1, 0.15) is 29.3 Å². The summed E-state index contributed by atoms with van der Waals surface area (Å²) in [5.74, 6) is -2.06. The molecule has 2 saturated carbocycles.